The number of para-hydroxylation sites is 1. The van der Waals surface area contributed by atoms with Gasteiger partial charge >= 0.3 is 11.9 Å². The van der Waals surface area contributed by atoms with E-state index in [2.05, 4.69) is 110 Å². The molecule has 0 saturated carbocycles. The summed E-state index contributed by atoms with van der Waals surface area (Å²) in [6, 6.07) is 11.1. The molecule has 45 heavy (non-hydrogen) atoms. The first-order chi connectivity index (χ1) is 21.2. The molecule has 0 spiro atoms. The van der Waals surface area contributed by atoms with Crippen LogP contribution in [-0.2, 0) is 23.9 Å². The predicted octanol–water partition coefficient (Wildman–Crippen LogP) is 8.74. The van der Waals surface area contributed by atoms with E-state index in [1.165, 1.54) is 5.69 Å². The number of rotatable bonds is 15. The van der Waals surface area contributed by atoms with Gasteiger partial charge in [-0.25, -0.2) is 0 Å². The van der Waals surface area contributed by atoms with Gasteiger partial charge in [0.15, 0.2) is 0 Å². The lowest BCUT2D eigenvalue weighted by Crippen LogP contribution is -2.66. The largest absolute Gasteiger partial charge is 0.462 e. The highest BCUT2D eigenvalue weighted by molar-refractivity contribution is 5.70. The molecule has 0 bridgehead atoms. The summed E-state index contributed by atoms with van der Waals surface area (Å²) in [5, 5.41) is 2.21. The van der Waals surface area contributed by atoms with Gasteiger partial charge in [-0.05, 0) is 69.9 Å². The van der Waals surface area contributed by atoms with Crippen molar-refractivity contribution in [1.82, 2.24) is 5.06 Å². The lowest BCUT2D eigenvalue weighted by atomic mass is 9.71. The Morgan fingerprint density at radius 2 is 1.33 bits per heavy atom. The van der Waals surface area contributed by atoms with Crippen molar-refractivity contribution in [2.24, 2.45) is 17.8 Å². The Kier molecular flexibility index (Phi) is 13.8. The highest BCUT2D eigenvalue weighted by Gasteiger charge is 2.50. The SMILES string of the molecule is CCCON1C(C(C)C)CC(OC(=O)CCCCCC(=O)OC2CC(C)(C)N(c3ccccc3)C(C)(C(C)C)C2)CC1C(C)C. The van der Waals surface area contributed by atoms with Crippen molar-refractivity contribution < 1.29 is 23.9 Å². The second kappa shape index (κ2) is 16.6. The smallest absolute Gasteiger partial charge is 0.306 e. The second-order valence-corrected chi connectivity index (χ2v) is 15.5. The van der Waals surface area contributed by atoms with Crippen LogP contribution in [0.2, 0.25) is 0 Å². The maximum Gasteiger partial charge on any atom is 0.306 e. The van der Waals surface area contributed by atoms with Crippen LogP contribution in [0.5, 0.6) is 0 Å². The van der Waals surface area contributed by atoms with Gasteiger partial charge in [-0.15, -0.1) is 0 Å². The summed E-state index contributed by atoms with van der Waals surface area (Å²) in [5.41, 5.74) is 0.915. The van der Waals surface area contributed by atoms with Gasteiger partial charge in [-0.2, -0.15) is 5.06 Å². The zero-order valence-corrected chi connectivity index (χ0v) is 30.1. The van der Waals surface area contributed by atoms with Crippen molar-refractivity contribution in [3.8, 4) is 0 Å². The molecule has 0 aliphatic carbocycles. The molecule has 256 valence electrons. The third-order valence-electron chi connectivity index (χ3n) is 10.2. The molecular weight excluding hydrogens is 564 g/mol. The fraction of sp³-hybridized carbons (Fsp3) is 0.789. The molecule has 4 atom stereocenters. The summed E-state index contributed by atoms with van der Waals surface area (Å²) in [4.78, 5) is 34.5. The van der Waals surface area contributed by atoms with Gasteiger partial charge in [0.1, 0.15) is 12.2 Å². The third-order valence-corrected chi connectivity index (χ3v) is 10.2. The van der Waals surface area contributed by atoms with Crippen molar-refractivity contribution in [1.29, 1.82) is 0 Å². The van der Waals surface area contributed by atoms with E-state index in [-0.39, 0.29) is 47.3 Å². The van der Waals surface area contributed by atoms with Crippen molar-refractivity contribution in [3.05, 3.63) is 30.3 Å². The van der Waals surface area contributed by atoms with E-state index < -0.39 is 0 Å². The molecule has 1 aromatic carbocycles. The lowest BCUT2D eigenvalue weighted by molar-refractivity contribution is -0.255. The third kappa shape index (κ3) is 9.93. The van der Waals surface area contributed by atoms with Crippen molar-refractivity contribution in [2.75, 3.05) is 11.5 Å². The molecule has 0 amide bonds. The number of carbonyl (C=O) groups is 2. The highest BCUT2D eigenvalue weighted by Crippen LogP contribution is 2.46. The van der Waals surface area contributed by atoms with Crippen LogP contribution in [0.4, 0.5) is 5.69 Å². The molecule has 3 rings (SSSR count). The average Bonchev–Trinajstić information content (AvgIpc) is 2.95. The van der Waals surface area contributed by atoms with Gasteiger partial charge in [-0.1, -0.05) is 73.1 Å². The Balaban J connectivity index is 1.44. The number of hydrogen-bond donors (Lipinski definition) is 0. The molecule has 0 N–H and O–H groups in total. The van der Waals surface area contributed by atoms with Crippen LogP contribution in [0.1, 0.15) is 133 Å². The van der Waals surface area contributed by atoms with Gasteiger partial charge in [0, 0.05) is 67.4 Å². The van der Waals surface area contributed by atoms with Gasteiger partial charge in [-0.3, -0.25) is 14.4 Å². The van der Waals surface area contributed by atoms with Gasteiger partial charge in [0.25, 0.3) is 0 Å². The van der Waals surface area contributed by atoms with Crippen molar-refractivity contribution >= 4 is 17.6 Å². The summed E-state index contributed by atoms with van der Waals surface area (Å²) >= 11 is 0. The summed E-state index contributed by atoms with van der Waals surface area (Å²) < 4.78 is 12.1. The van der Waals surface area contributed by atoms with Gasteiger partial charge in [0.2, 0.25) is 0 Å². The van der Waals surface area contributed by atoms with E-state index in [1.807, 2.05) is 0 Å². The Morgan fingerprint density at radius 3 is 1.82 bits per heavy atom. The summed E-state index contributed by atoms with van der Waals surface area (Å²) in [7, 11) is 0. The lowest BCUT2D eigenvalue weighted by Gasteiger charge is -2.59. The fourth-order valence-electron chi connectivity index (χ4n) is 7.67. The maximum absolute atomic E-state index is 12.9. The van der Waals surface area contributed by atoms with E-state index in [9.17, 15) is 9.59 Å². The molecule has 1 aromatic rings. The van der Waals surface area contributed by atoms with E-state index in [4.69, 9.17) is 14.3 Å². The minimum atomic E-state index is -0.159. The molecule has 7 nitrogen and oxygen atoms in total. The number of carbonyl (C=O) groups excluding carboxylic acids is 2. The number of hydroxylamine groups is 2. The van der Waals surface area contributed by atoms with Gasteiger partial charge in [0.05, 0.1) is 6.61 Å². The van der Waals surface area contributed by atoms with Crippen molar-refractivity contribution in [3.63, 3.8) is 0 Å². The predicted molar refractivity (Wildman–Crippen MR) is 183 cm³/mol. The molecule has 2 heterocycles. The first kappa shape index (κ1) is 37.3. The molecule has 2 saturated heterocycles. The quantitative estimate of drug-likeness (QED) is 0.142. The number of piperidine rings is 2. The minimum absolute atomic E-state index is 0.0807. The van der Waals surface area contributed by atoms with Crippen LogP contribution < -0.4 is 4.90 Å². The second-order valence-electron chi connectivity index (χ2n) is 15.5. The summed E-state index contributed by atoms with van der Waals surface area (Å²) in [6.07, 6.45) is 7.01. The summed E-state index contributed by atoms with van der Waals surface area (Å²) in [6.45, 7) is 23.1. The minimum Gasteiger partial charge on any atom is -0.462 e. The highest BCUT2D eigenvalue weighted by atomic mass is 16.7. The van der Waals surface area contributed by atoms with Crippen LogP contribution in [0, 0.1) is 17.8 Å². The number of ether oxygens (including phenoxy) is 2. The molecule has 0 radical (unpaired) electrons. The number of nitrogens with zero attached hydrogens (tertiary/aromatic N) is 2. The van der Waals surface area contributed by atoms with Crippen LogP contribution in [0.25, 0.3) is 0 Å². The van der Waals surface area contributed by atoms with Gasteiger partial charge < -0.3 is 14.4 Å². The first-order valence-electron chi connectivity index (χ1n) is 17.8. The summed E-state index contributed by atoms with van der Waals surface area (Å²) in [5.74, 6) is 0.940. The Hall–Kier alpha value is -2.12. The number of hydrogen-bond acceptors (Lipinski definition) is 7. The first-order valence-corrected chi connectivity index (χ1v) is 17.8. The molecule has 0 aromatic heterocycles. The van der Waals surface area contributed by atoms with Crippen LogP contribution >= 0.6 is 0 Å². The molecule has 4 unspecified atom stereocenters. The molecular formula is C38H64N2O5. The standard InChI is InChI=1S/C38H64N2O5/c1-11-22-43-39-33(27(2)3)23-31(24-34(39)28(4)5)44-35(41)20-16-13-17-21-36(42)45-32-25-37(8,9)40(30-18-14-12-15-19-30)38(10,26-32)29(6)7/h12,14-15,18-19,27-29,31-34H,11,13,16-17,20-26H2,1-10H3. The monoisotopic (exact) mass is 628 g/mol. The van der Waals surface area contributed by atoms with E-state index >= 15 is 0 Å². The van der Waals surface area contributed by atoms with E-state index in [0.717, 1.165) is 51.4 Å². The fourth-order valence-corrected chi connectivity index (χ4v) is 7.67. The zero-order chi connectivity index (χ0) is 33.4. The topological polar surface area (TPSA) is 68.3 Å². The normalized spacial score (nSPS) is 27.3. The van der Waals surface area contributed by atoms with Crippen LogP contribution in [0.3, 0.4) is 0 Å². The molecule has 2 aliphatic heterocycles. The van der Waals surface area contributed by atoms with Crippen LogP contribution in [0.15, 0.2) is 30.3 Å². The number of esters is 2. The van der Waals surface area contributed by atoms with Crippen molar-refractivity contribution in [2.45, 2.75) is 169 Å². The number of anilines is 1. The Bertz CT molecular complexity index is 1040. The average molecular weight is 629 g/mol. The molecule has 2 aliphatic rings. The molecule has 7 heteroatoms. The number of benzene rings is 1. The zero-order valence-electron chi connectivity index (χ0n) is 30.1. The molecule has 2 fully saturated rings. The maximum atomic E-state index is 12.9. The van der Waals surface area contributed by atoms with E-state index in [0.29, 0.717) is 37.2 Å². The van der Waals surface area contributed by atoms with Crippen LogP contribution in [-0.4, -0.2) is 59.0 Å². The number of unbranched alkanes of at least 4 members (excludes halogenated alkanes) is 2. The Labute approximate surface area is 274 Å². The Morgan fingerprint density at radius 1 is 0.800 bits per heavy atom. The van der Waals surface area contributed by atoms with E-state index in [1.54, 1.807) is 0 Å².